The standard InChI is InChI=1S/C10H18N4O/c1-12-9-11-14(10(12)15)8-4-7-13-5-2-3-6-13/h9H,2-8H2,1H3. The van der Waals surface area contributed by atoms with Gasteiger partial charge < -0.3 is 4.90 Å². The van der Waals surface area contributed by atoms with Crippen molar-refractivity contribution in [1.29, 1.82) is 0 Å². The average molecular weight is 210 g/mol. The SMILES string of the molecule is Cn1cnn(CCCN2CCCC2)c1=O. The third-order valence-corrected chi connectivity index (χ3v) is 2.93. The first-order chi connectivity index (χ1) is 7.27. The molecule has 5 heteroatoms. The van der Waals surface area contributed by atoms with E-state index in [2.05, 4.69) is 10.00 Å². The van der Waals surface area contributed by atoms with Crippen LogP contribution in [0.3, 0.4) is 0 Å². The topological polar surface area (TPSA) is 43.1 Å². The predicted octanol–water partition coefficient (Wildman–Crippen LogP) is 0.0677. The van der Waals surface area contributed by atoms with Crippen LogP contribution < -0.4 is 5.69 Å². The summed E-state index contributed by atoms with van der Waals surface area (Å²) >= 11 is 0. The molecule has 0 radical (unpaired) electrons. The Hall–Kier alpha value is -1.10. The normalized spacial score (nSPS) is 17.4. The molecule has 1 saturated heterocycles. The summed E-state index contributed by atoms with van der Waals surface area (Å²) in [5.41, 5.74) is -0.0172. The molecule has 0 atom stereocenters. The van der Waals surface area contributed by atoms with Gasteiger partial charge in [-0.05, 0) is 38.9 Å². The van der Waals surface area contributed by atoms with Crippen LogP contribution in [0.5, 0.6) is 0 Å². The summed E-state index contributed by atoms with van der Waals surface area (Å²) in [5, 5.41) is 4.03. The van der Waals surface area contributed by atoms with Crippen LogP contribution in [-0.4, -0.2) is 38.9 Å². The molecule has 0 saturated carbocycles. The van der Waals surface area contributed by atoms with Crippen LogP contribution in [0.1, 0.15) is 19.3 Å². The number of aromatic nitrogens is 3. The van der Waals surface area contributed by atoms with Crippen LogP contribution in [0, 0.1) is 0 Å². The quantitative estimate of drug-likeness (QED) is 0.706. The maximum absolute atomic E-state index is 11.4. The Kier molecular flexibility index (Phi) is 3.20. The average Bonchev–Trinajstić information content (AvgIpc) is 2.83. The van der Waals surface area contributed by atoms with Crippen LogP contribution in [0.2, 0.25) is 0 Å². The third-order valence-electron chi connectivity index (χ3n) is 2.93. The fourth-order valence-corrected chi connectivity index (χ4v) is 2.02. The zero-order valence-electron chi connectivity index (χ0n) is 9.22. The van der Waals surface area contributed by atoms with Crippen molar-refractivity contribution in [3.05, 3.63) is 16.8 Å². The summed E-state index contributed by atoms with van der Waals surface area (Å²) < 4.78 is 3.05. The lowest BCUT2D eigenvalue weighted by atomic mass is 10.4. The van der Waals surface area contributed by atoms with Crippen molar-refractivity contribution in [2.45, 2.75) is 25.8 Å². The van der Waals surface area contributed by atoms with Crippen LogP contribution in [0.25, 0.3) is 0 Å². The van der Waals surface area contributed by atoms with Gasteiger partial charge in [0.15, 0.2) is 0 Å². The van der Waals surface area contributed by atoms with Gasteiger partial charge in [0.1, 0.15) is 6.33 Å². The molecule has 0 N–H and O–H groups in total. The largest absolute Gasteiger partial charge is 0.345 e. The minimum absolute atomic E-state index is 0.0172. The fraction of sp³-hybridized carbons (Fsp3) is 0.800. The van der Waals surface area contributed by atoms with E-state index < -0.39 is 0 Å². The summed E-state index contributed by atoms with van der Waals surface area (Å²) in [6, 6.07) is 0. The first-order valence-corrected chi connectivity index (χ1v) is 5.58. The Bertz CT molecular complexity index is 362. The number of aryl methyl sites for hydroxylation is 2. The van der Waals surface area contributed by atoms with Gasteiger partial charge in [-0.2, -0.15) is 5.10 Å². The molecule has 2 heterocycles. The molecule has 0 aromatic carbocycles. The van der Waals surface area contributed by atoms with Gasteiger partial charge >= 0.3 is 5.69 Å². The molecule has 0 bridgehead atoms. The van der Waals surface area contributed by atoms with Crippen molar-refractivity contribution in [1.82, 2.24) is 19.2 Å². The highest BCUT2D eigenvalue weighted by atomic mass is 16.2. The number of hydrogen-bond acceptors (Lipinski definition) is 3. The molecule has 5 nitrogen and oxygen atoms in total. The van der Waals surface area contributed by atoms with Crippen molar-refractivity contribution in [3.63, 3.8) is 0 Å². The van der Waals surface area contributed by atoms with E-state index in [4.69, 9.17) is 0 Å². The molecule has 15 heavy (non-hydrogen) atoms. The maximum Gasteiger partial charge on any atom is 0.345 e. The monoisotopic (exact) mass is 210 g/mol. The van der Waals surface area contributed by atoms with Gasteiger partial charge in [0.2, 0.25) is 0 Å². The Morgan fingerprint density at radius 1 is 1.33 bits per heavy atom. The molecule has 1 aliphatic rings. The smallest absolute Gasteiger partial charge is 0.303 e. The van der Waals surface area contributed by atoms with E-state index in [1.807, 2.05) is 0 Å². The lowest BCUT2D eigenvalue weighted by Crippen LogP contribution is -2.26. The number of likely N-dealkylation sites (tertiary alicyclic amines) is 1. The summed E-state index contributed by atoms with van der Waals surface area (Å²) in [6.45, 7) is 4.26. The molecule has 2 rings (SSSR count). The molecule has 1 aromatic rings. The molecule has 0 unspecified atom stereocenters. The third kappa shape index (κ3) is 2.47. The molecule has 0 amide bonds. The van der Waals surface area contributed by atoms with E-state index in [1.165, 1.54) is 35.2 Å². The van der Waals surface area contributed by atoms with E-state index in [1.54, 1.807) is 13.4 Å². The van der Waals surface area contributed by atoms with Crippen LogP contribution in [-0.2, 0) is 13.6 Å². The van der Waals surface area contributed by atoms with Crippen LogP contribution in [0.4, 0.5) is 0 Å². The minimum Gasteiger partial charge on any atom is -0.303 e. The van der Waals surface area contributed by atoms with Crippen molar-refractivity contribution in [2.75, 3.05) is 19.6 Å². The molecule has 1 aromatic heterocycles. The molecular weight excluding hydrogens is 192 g/mol. The van der Waals surface area contributed by atoms with Crippen molar-refractivity contribution in [3.8, 4) is 0 Å². The van der Waals surface area contributed by atoms with E-state index in [-0.39, 0.29) is 5.69 Å². The highest BCUT2D eigenvalue weighted by Crippen LogP contribution is 2.07. The van der Waals surface area contributed by atoms with Crippen molar-refractivity contribution < 1.29 is 0 Å². The number of hydrogen-bond donors (Lipinski definition) is 0. The number of rotatable bonds is 4. The lowest BCUT2D eigenvalue weighted by molar-refractivity contribution is 0.321. The zero-order valence-corrected chi connectivity index (χ0v) is 9.22. The lowest BCUT2D eigenvalue weighted by Gasteiger charge is -2.13. The molecule has 84 valence electrons. The Morgan fingerprint density at radius 3 is 2.67 bits per heavy atom. The molecule has 0 aliphatic carbocycles. The van der Waals surface area contributed by atoms with Gasteiger partial charge in [-0.1, -0.05) is 0 Å². The predicted molar refractivity (Wildman–Crippen MR) is 57.8 cm³/mol. The van der Waals surface area contributed by atoms with E-state index in [0.717, 1.165) is 19.5 Å². The van der Waals surface area contributed by atoms with Crippen molar-refractivity contribution >= 4 is 0 Å². The van der Waals surface area contributed by atoms with Gasteiger partial charge in [0.05, 0.1) is 0 Å². The summed E-state index contributed by atoms with van der Waals surface area (Å²) in [7, 11) is 1.73. The minimum atomic E-state index is -0.0172. The van der Waals surface area contributed by atoms with Crippen LogP contribution in [0.15, 0.2) is 11.1 Å². The van der Waals surface area contributed by atoms with Gasteiger partial charge in [0, 0.05) is 13.6 Å². The summed E-state index contributed by atoms with van der Waals surface area (Å²) in [5.74, 6) is 0. The fourth-order valence-electron chi connectivity index (χ4n) is 2.02. The zero-order chi connectivity index (χ0) is 10.7. The second-order valence-electron chi connectivity index (χ2n) is 4.15. The van der Waals surface area contributed by atoms with Gasteiger partial charge in [-0.3, -0.25) is 4.57 Å². The highest BCUT2D eigenvalue weighted by Gasteiger charge is 2.10. The molecule has 0 spiro atoms. The summed E-state index contributed by atoms with van der Waals surface area (Å²) in [4.78, 5) is 13.9. The van der Waals surface area contributed by atoms with Gasteiger partial charge in [-0.15, -0.1) is 0 Å². The van der Waals surface area contributed by atoms with E-state index >= 15 is 0 Å². The van der Waals surface area contributed by atoms with Gasteiger partial charge in [0.25, 0.3) is 0 Å². The second-order valence-corrected chi connectivity index (χ2v) is 4.15. The Balaban J connectivity index is 1.78. The summed E-state index contributed by atoms with van der Waals surface area (Å²) in [6.07, 6.45) is 5.22. The molecule has 1 aliphatic heterocycles. The first-order valence-electron chi connectivity index (χ1n) is 5.58. The van der Waals surface area contributed by atoms with Crippen LogP contribution >= 0.6 is 0 Å². The van der Waals surface area contributed by atoms with Gasteiger partial charge in [-0.25, -0.2) is 9.48 Å². The Labute approximate surface area is 89.3 Å². The van der Waals surface area contributed by atoms with E-state index in [9.17, 15) is 4.79 Å². The highest BCUT2D eigenvalue weighted by molar-refractivity contribution is 4.68. The first kappa shape index (κ1) is 10.4. The molecule has 1 fully saturated rings. The molecular formula is C10H18N4O. The maximum atomic E-state index is 11.4. The van der Waals surface area contributed by atoms with Crippen molar-refractivity contribution in [2.24, 2.45) is 7.05 Å². The second kappa shape index (κ2) is 4.61. The van der Waals surface area contributed by atoms with E-state index in [0.29, 0.717) is 0 Å². The number of nitrogens with zero attached hydrogens (tertiary/aromatic N) is 4. The Morgan fingerprint density at radius 2 is 2.07 bits per heavy atom.